The number of nitrogens with one attached hydrogen (secondary N) is 1. The van der Waals surface area contributed by atoms with Crippen LogP contribution in [0.1, 0.15) is 29.6 Å². The average Bonchev–Trinajstić information content (AvgIpc) is 3.10. The van der Waals surface area contributed by atoms with E-state index in [0.29, 0.717) is 29.4 Å². The first kappa shape index (κ1) is 16.5. The third kappa shape index (κ3) is 4.35. The SMILES string of the molecule is CC(=O)c1cccc(NC(=O)CCc2nc(-c3ccncc3)no2)c1. The average molecular weight is 336 g/mol. The first-order valence-electron chi connectivity index (χ1n) is 7.75. The summed E-state index contributed by atoms with van der Waals surface area (Å²) in [6.45, 7) is 1.48. The number of hydrogen-bond acceptors (Lipinski definition) is 6. The minimum Gasteiger partial charge on any atom is -0.339 e. The second-order valence-electron chi connectivity index (χ2n) is 5.43. The van der Waals surface area contributed by atoms with Crippen molar-refractivity contribution in [1.82, 2.24) is 15.1 Å². The van der Waals surface area contributed by atoms with Crippen molar-refractivity contribution in [1.29, 1.82) is 0 Å². The van der Waals surface area contributed by atoms with Crippen LogP contribution < -0.4 is 5.32 Å². The monoisotopic (exact) mass is 336 g/mol. The number of carbonyl (C=O) groups is 2. The Labute approximate surface area is 144 Å². The summed E-state index contributed by atoms with van der Waals surface area (Å²) in [5, 5.41) is 6.65. The number of amides is 1. The summed E-state index contributed by atoms with van der Waals surface area (Å²) in [5.74, 6) is 0.612. The zero-order valence-corrected chi connectivity index (χ0v) is 13.6. The molecule has 0 radical (unpaired) electrons. The van der Waals surface area contributed by atoms with Gasteiger partial charge in [0.25, 0.3) is 0 Å². The maximum Gasteiger partial charge on any atom is 0.227 e. The van der Waals surface area contributed by atoms with Crippen LogP contribution in [0, 0.1) is 0 Å². The number of aromatic nitrogens is 3. The highest BCUT2D eigenvalue weighted by molar-refractivity contribution is 5.97. The van der Waals surface area contributed by atoms with E-state index < -0.39 is 0 Å². The van der Waals surface area contributed by atoms with Crippen LogP contribution >= 0.6 is 0 Å². The lowest BCUT2D eigenvalue weighted by atomic mass is 10.1. The number of rotatable bonds is 6. The smallest absolute Gasteiger partial charge is 0.227 e. The fourth-order valence-electron chi connectivity index (χ4n) is 2.23. The molecule has 1 aromatic carbocycles. The maximum atomic E-state index is 12.0. The van der Waals surface area contributed by atoms with E-state index in [9.17, 15) is 9.59 Å². The zero-order chi connectivity index (χ0) is 17.6. The number of benzene rings is 1. The van der Waals surface area contributed by atoms with Gasteiger partial charge in [-0.1, -0.05) is 17.3 Å². The van der Waals surface area contributed by atoms with E-state index in [4.69, 9.17) is 4.52 Å². The molecule has 0 unspecified atom stereocenters. The van der Waals surface area contributed by atoms with Crippen LogP contribution in [0.25, 0.3) is 11.4 Å². The molecule has 3 aromatic rings. The lowest BCUT2D eigenvalue weighted by molar-refractivity contribution is -0.116. The fourth-order valence-corrected chi connectivity index (χ4v) is 2.23. The number of pyridine rings is 1. The number of ketones is 1. The Kier molecular flexibility index (Phi) is 4.94. The Hall–Kier alpha value is -3.35. The van der Waals surface area contributed by atoms with Crippen LogP contribution in [0.2, 0.25) is 0 Å². The largest absolute Gasteiger partial charge is 0.339 e. The van der Waals surface area contributed by atoms with E-state index in [-0.39, 0.29) is 18.1 Å². The highest BCUT2D eigenvalue weighted by atomic mass is 16.5. The van der Waals surface area contributed by atoms with Gasteiger partial charge in [0.15, 0.2) is 5.78 Å². The number of carbonyl (C=O) groups excluding carboxylic acids is 2. The van der Waals surface area contributed by atoms with E-state index in [0.717, 1.165) is 5.56 Å². The predicted octanol–water partition coefficient (Wildman–Crippen LogP) is 2.91. The molecule has 1 N–H and O–H groups in total. The molecule has 2 aromatic heterocycles. The van der Waals surface area contributed by atoms with Crippen molar-refractivity contribution in [2.24, 2.45) is 0 Å². The molecule has 1 amide bonds. The third-order valence-corrected chi connectivity index (χ3v) is 3.53. The van der Waals surface area contributed by atoms with E-state index in [1.54, 1.807) is 48.8 Å². The quantitative estimate of drug-likeness (QED) is 0.695. The minimum absolute atomic E-state index is 0.0504. The van der Waals surface area contributed by atoms with E-state index in [1.807, 2.05) is 0 Å². The van der Waals surface area contributed by atoms with Gasteiger partial charge < -0.3 is 9.84 Å². The molecule has 0 saturated carbocycles. The summed E-state index contributed by atoms with van der Waals surface area (Å²) >= 11 is 0. The van der Waals surface area contributed by atoms with Gasteiger partial charge in [-0.15, -0.1) is 0 Å². The van der Waals surface area contributed by atoms with Crippen molar-refractivity contribution in [3.8, 4) is 11.4 Å². The zero-order valence-electron chi connectivity index (χ0n) is 13.6. The Morgan fingerprint density at radius 3 is 2.72 bits per heavy atom. The lowest BCUT2D eigenvalue weighted by Gasteiger charge is -2.05. The van der Waals surface area contributed by atoms with Gasteiger partial charge in [-0.05, 0) is 31.2 Å². The summed E-state index contributed by atoms with van der Waals surface area (Å²) < 4.78 is 5.16. The van der Waals surface area contributed by atoms with Crippen LogP contribution in [0.5, 0.6) is 0 Å². The van der Waals surface area contributed by atoms with Crippen LogP contribution in [-0.4, -0.2) is 26.8 Å². The van der Waals surface area contributed by atoms with Gasteiger partial charge >= 0.3 is 0 Å². The molecule has 3 rings (SSSR count). The van der Waals surface area contributed by atoms with E-state index in [2.05, 4.69) is 20.4 Å². The van der Waals surface area contributed by atoms with Crippen molar-refractivity contribution >= 4 is 17.4 Å². The maximum absolute atomic E-state index is 12.0. The number of anilines is 1. The standard InChI is InChI=1S/C18H16N4O3/c1-12(23)14-3-2-4-15(11-14)20-16(24)5-6-17-21-18(22-25-17)13-7-9-19-10-8-13/h2-4,7-11H,5-6H2,1H3,(H,20,24). The summed E-state index contributed by atoms with van der Waals surface area (Å²) in [5.41, 5.74) is 1.94. The fraction of sp³-hybridized carbons (Fsp3) is 0.167. The third-order valence-electron chi connectivity index (χ3n) is 3.53. The van der Waals surface area contributed by atoms with Gasteiger partial charge in [-0.25, -0.2) is 0 Å². The predicted molar refractivity (Wildman–Crippen MR) is 90.9 cm³/mol. The topological polar surface area (TPSA) is 98.0 Å². The lowest BCUT2D eigenvalue weighted by Crippen LogP contribution is -2.12. The molecule has 0 aliphatic rings. The summed E-state index contributed by atoms with van der Waals surface area (Å²) in [6.07, 6.45) is 3.82. The van der Waals surface area contributed by atoms with Gasteiger partial charge in [0.2, 0.25) is 17.6 Å². The molecule has 0 aliphatic heterocycles. The summed E-state index contributed by atoms with van der Waals surface area (Å²) in [7, 11) is 0. The molecule has 0 atom stereocenters. The van der Waals surface area contributed by atoms with Crippen molar-refractivity contribution in [2.75, 3.05) is 5.32 Å². The van der Waals surface area contributed by atoms with Crippen LogP contribution in [-0.2, 0) is 11.2 Å². The van der Waals surface area contributed by atoms with Gasteiger partial charge in [0.1, 0.15) is 0 Å². The first-order valence-corrected chi connectivity index (χ1v) is 7.75. The number of Topliss-reactive ketones (excluding diaryl/α,β-unsaturated/α-hetero) is 1. The minimum atomic E-state index is -0.190. The van der Waals surface area contributed by atoms with Crippen molar-refractivity contribution < 1.29 is 14.1 Å². The molecule has 0 fully saturated rings. The highest BCUT2D eigenvalue weighted by Gasteiger charge is 2.11. The molecule has 7 heteroatoms. The molecule has 25 heavy (non-hydrogen) atoms. The van der Waals surface area contributed by atoms with Crippen LogP contribution in [0.15, 0.2) is 53.3 Å². The summed E-state index contributed by atoms with van der Waals surface area (Å²) in [4.78, 5) is 31.6. The molecular weight excluding hydrogens is 320 g/mol. The molecule has 126 valence electrons. The number of nitrogens with zero attached hydrogens (tertiary/aromatic N) is 3. The molecule has 0 saturated heterocycles. The Morgan fingerprint density at radius 1 is 1.16 bits per heavy atom. The van der Waals surface area contributed by atoms with E-state index >= 15 is 0 Å². The van der Waals surface area contributed by atoms with Gasteiger partial charge in [-0.2, -0.15) is 4.98 Å². The van der Waals surface area contributed by atoms with Gasteiger partial charge in [-0.3, -0.25) is 14.6 Å². The van der Waals surface area contributed by atoms with Crippen molar-refractivity contribution in [2.45, 2.75) is 19.8 Å². The Bertz CT molecular complexity index is 890. The van der Waals surface area contributed by atoms with Gasteiger partial charge in [0.05, 0.1) is 0 Å². The number of aryl methyl sites for hydroxylation is 1. The van der Waals surface area contributed by atoms with Gasteiger partial charge in [0, 0.05) is 42.0 Å². The first-order chi connectivity index (χ1) is 12.1. The number of hydrogen-bond donors (Lipinski definition) is 1. The normalized spacial score (nSPS) is 10.4. The van der Waals surface area contributed by atoms with Crippen LogP contribution in [0.4, 0.5) is 5.69 Å². The molecule has 7 nitrogen and oxygen atoms in total. The van der Waals surface area contributed by atoms with Crippen LogP contribution in [0.3, 0.4) is 0 Å². The van der Waals surface area contributed by atoms with E-state index in [1.165, 1.54) is 6.92 Å². The molecule has 0 aliphatic carbocycles. The summed E-state index contributed by atoms with van der Waals surface area (Å²) in [6, 6.07) is 10.4. The molecule has 0 bridgehead atoms. The molecule has 2 heterocycles. The second kappa shape index (κ2) is 7.48. The Balaban J connectivity index is 1.57. The molecule has 0 spiro atoms. The van der Waals surface area contributed by atoms with Crippen molar-refractivity contribution in [3.63, 3.8) is 0 Å². The second-order valence-corrected chi connectivity index (χ2v) is 5.43. The van der Waals surface area contributed by atoms with Crippen molar-refractivity contribution in [3.05, 3.63) is 60.2 Å². The molecular formula is C18H16N4O3. The Morgan fingerprint density at radius 2 is 1.96 bits per heavy atom. The highest BCUT2D eigenvalue weighted by Crippen LogP contribution is 2.15.